The lowest BCUT2D eigenvalue weighted by atomic mass is 9.64. The van der Waals surface area contributed by atoms with Crippen molar-refractivity contribution in [3.05, 3.63) is 53.4 Å². The second-order valence-electron chi connectivity index (χ2n) is 8.03. The van der Waals surface area contributed by atoms with Crippen LogP contribution in [0.25, 0.3) is 0 Å². The van der Waals surface area contributed by atoms with Gasteiger partial charge in [-0.05, 0) is 12.5 Å². The Bertz CT molecular complexity index is 802. The van der Waals surface area contributed by atoms with Gasteiger partial charge in [0.05, 0.1) is 0 Å². The number of amides is 1. The Labute approximate surface area is 153 Å². The third kappa shape index (κ3) is 2.47. The van der Waals surface area contributed by atoms with Gasteiger partial charge < -0.3 is 19.6 Å². The molecule has 0 saturated carbocycles. The summed E-state index contributed by atoms with van der Waals surface area (Å²) in [6.07, 6.45) is 0. The largest absolute Gasteiger partial charge is 0.361 e. The Morgan fingerprint density at radius 3 is 2.50 bits per heavy atom. The first-order valence-electron chi connectivity index (χ1n) is 9.38. The van der Waals surface area contributed by atoms with Gasteiger partial charge in [0.25, 0.3) is 5.91 Å². The maximum Gasteiger partial charge on any atom is 0.273 e. The Balaban J connectivity index is 1.53. The molecule has 0 radical (unpaired) electrons. The van der Waals surface area contributed by atoms with Gasteiger partial charge in [-0.1, -0.05) is 35.5 Å². The first kappa shape index (κ1) is 16.0. The van der Waals surface area contributed by atoms with Crippen LogP contribution in [0, 0.1) is 12.8 Å². The number of nitrogens with zero attached hydrogens (tertiary/aromatic N) is 3. The molecule has 1 aromatic heterocycles. The van der Waals surface area contributed by atoms with Gasteiger partial charge in [0.15, 0.2) is 5.69 Å². The Kier molecular flexibility index (Phi) is 3.65. The van der Waals surface area contributed by atoms with Gasteiger partial charge in [0, 0.05) is 62.7 Å². The highest BCUT2D eigenvalue weighted by atomic mass is 16.5. The quantitative estimate of drug-likeness (QED) is 0.902. The molecule has 0 spiro atoms. The maximum absolute atomic E-state index is 12.8. The molecule has 6 nitrogen and oxygen atoms in total. The van der Waals surface area contributed by atoms with Crippen molar-refractivity contribution in [3.8, 4) is 0 Å². The minimum atomic E-state index is -0.127. The van der Waals surface area contributed by atoms with Crippen LogP contribution in [0.3, 0.4) is 0 Å². The molecule has 4 fully saturated rings. The van der Waals surface area contributed by atoms with Crippen LogP contribution in [-0.2, 0) is 5.41 Å². The molecule has 6 rings (SSSR count). The minimum absolute atomic E-state index is 0.0760. The van der Waals surface area contributed by atoms with E-state index >= 15 is 0 Å². The van der Waals surface area contributed by atoms with Crippen molar-refractivity contribution < 1.29 is 9.32 Å². The predicted molar refractivity (Wildman–Crippen MR) is 97.0 cm³/mol. The number of hydrogen-bond donors (Lipinski definition) is 1. The van der Waals surface area contributed by atoms with Crippen molar-refractivity contribution >= 4 is 5.91 Å². The molecular weight excluding hydrogens is 328 g/mol. The van der Waals surface area contributed by atoms with E-state index in [2.05, 4.69) is 50.6 Å². The van der Waals surface area contributed by atoms with E-state index in [0.717, 1.165) is 39.3 Å². The molecule has 3 atom stereocenters. The van der Waals surface area contributed by atoms with E-state index in [1.165, 1.54) is 5.56 Å². The number of aryl methyl sites for hydroxylation is 1. The van der Waals surface area contributed by atoms with Gasteiger partial charge in [-0.25, -0.2) is 0 Å². The fraction of sp³-hybridized carbons (Fsp3) is 0.500. The van der Waals surface area contributed by atoms with Crippen molar-refractivity contribution in [1.29, 1.82) is 0 Å². The first-order valence-corrected chi connectivity index (χ1v) is 9.38. The second kappa shape index (κ2) is 5.93. The number of piperidine rings is 2. The Hall–Kier alpha value is -2.18. The average Bonchev–Trinajstić information content (AvgIpc) is 2.93. The van der Waals surface area contributed by atoms with Crippen LogP contribution in [0.15, 0.2) is 40.9 Å². The number of rotatable bonds is 3. The summed E-state index contributed by atoms with van der Waals surface area (Å²) in [7, 11) is 0. The van der Waals surface area contributed by atoms with E-state index in [1.807, 2.05) is 6.92 Å². The molecule has 1 aromatic carbocycles. The smallest absolute Gasteiger partial charge is 0.273 e. The molecule has 1 N–H and O–H groups in total. The first-order chi connectivity index (χ1) is 12.6. The standard InChI is InChI=1S/C20H24N4O2/c1-14-9-17(22-26-14)19(25)21-18-15-10-23-7-8-24(11-15)13-20(18,12-23)16-5-3-2-4-6-16/h2-6,9,15,18H,7-8,10-13H2,1H3,(H,21,25)/t15?,18-,20?/m1/s1. The lowest BCUT2D eigenvalue weighted by Gasteiger charge is -2.55. The van der Waals surface area contributed by atoms with E-state index < -0.39 is 0 Å². The molecule has 136 valence electrons. The SMILES string of the molecule is Cc1cc(C(=O)N[C@@H]2C3CN4CCN(C3)CC2(c2ccccc2)C4)no1. The third-order valence-electron chi connectivity index (χ3n) is 6.29. The van der Waals surface area contributed by atoms with E-state index in [0.29, 0.717) is 17.4 Å². The van der Waals surface area contributed by atoms with E-state index in [4.69, 9.17) is 4.52 Å². The summed E-state index contributed by atoms with van der Waals surface area (Å²) in [6, 6.07) is 12.5. The van der Waals surface area contributed by atoms with Crippen LogP contribution in [0.5, 0.6) is 0 Å². The van der Waals surface area contributed by atoms with Crippen molar-refractivity contribution in [1.82, 2.24) is 20.3 Å². The monoisotopic (exact) mass is 352 g/mol. The van der Waals surface area contributed by atoms with Crippen LogP contribution in [0.1, 0.15) is 21.8 Å². The molecule has 4 bridgehead atoms. The zero-order valence-electron chi connectivity index (χ0n) is 15.0. The molecule has 4 aliphatic heterocycles. The van der Waals surface area contributed by atoms with Gasteiger partial charge in [-0.2, -0.15) is 0 Å². The molecule has 0 aliphatic carbocycles. The fourth-order valence-electron chi connectivity index (χ4n) is 5.26. The second-order valence-corrected chi connectivity index (χ2v) is 8.03. The van der Waals surface area contributed by atoms with Crippen molar-refractivity contribution in [2.45, 2.75) is 18.4 Å². The Morgan fingerprint density at radius 1 is 1.19 bits per heavy atom. The fourth-order valence-corrected chi connectivity index (χ4v) is 5.26. The highest BCUT2D eigenvalue weighted by Crippen LogP contribution is 2.43. The molecule has 26 heavy (non-hydrogen) atoms. The summed E-state index contributed by atoms with van der Waals surface area (Å²) >= 11 is 0. The number of hydrogen-bond acceptors (Lipinski definition) is 5. The van der Waals surface area contributed by atoms with E-state index in [1.54, 1.807) is 6.07 Å². The van der Waals surface area contributed by atoms with Crippen molar-refractivity contribution in [2.75, 3.05) is 39.3 Å². The number of carbonyl (C=O) groups is 1. The Morgan fingerprint density at radius 2 is 1.88 bits per heavy atom. The summed E-state index contributed by atoms with van der Waals surface area (Å²) in [6.45, 7) is 8.13. The highest BCUT2D eigenvalue weighted by molar-refractivity contribution is 5.92. The molecular formula is C20H24N4O2. The molecule has 1 amide bonds. The zero-order valence-corrected chi connectivity index (χ0v) is 15.0. The molecule has 4 saturated heterocycles. The number of benzene rings is 1. The number of aromatic nitrogens is 1. The van der Waals surface area contributed by atoms with Gasteiger partial charge in [0.2, 0.25) is 0 Å². The number of fused-ring (bicyclic) bond motifs is 1. The number of carbonyl (C=O) groups excluding carboxylic acids is 1. The lowest BCUT2D eigenvalue weighted by molar-refractivity contribution is 0.0178. The summed E-state index contributed by atoms with van der Waals surface area (Å²) < 4.78 is 5.10. The lowest BCUT2D eigenvalue weighted by Crippen LogP contribution is -2.70. The van der Waals surface area contributed by atoms with Gasteiger partial charge in [0.1, 0.15) is 5.76 Å². The van der Waals surface area contributed by atoms with Crippen molar-refractivity contribution in [2.24, 2.45) is 5.92 Å². The molecule has 4 aliphatic rings. The highest BCUT2D eigenvalue weighted by Gasteiger charge is 2.55. The van der Waals surface area contributed by atoms with Crippen LogP contribution < -0.4 is 5.32 Å². The predicted octanol–water partition coefficient (Wildman–Crippen LogP) is 1.28. The van der Waals surface area contributed by atoms with Crippen LogP contribution in [0.2, 0.25) is 0 Å². The van der Waals surface area contributed by atoms with Gasteiger partial charge in [-0.3, -0.25) is 4.79 Å². The maximum atomic E-state index is 12.8. The normalized spacial score (nSPS) is 35.3. The van der Waals surface area contributed by atoms with E-state index in [-0.39, 0.29) is 17.4 Å². The third-order valence-corrected chi connectivity index (χ3v) is 6.29. The summed E-state index contributed by atoms with van der Waals surface area (Å²) in [4.78, 5) is 18.0. The summed E-state index contributed by atoms with van der Waals surface area (Å²) in [5, 5.41) is 7.25. The molecule has 2 unspecified atom stereocenters. The van der Waals surface area contributed by atoms with Gasteiger partial charge in [-0.15, -0.1) is 0 Å². The number of nitrogens with one attached hydrogen (secondary N) is 1. The van der Waals surface area contributed by atoms with Crippen LogP contribution in [-0.4, -0.2) is 66.2 Å². The van der Waals surface area contributed by atoms with Gasteiger partial charge >= 0.3 is 0 Å². The van der Waals surface area contributed by atoms with Crippen LogP contribution in [0.4, 0.5) is 0 Å². The molecule has 6 heteroatoms. The summed E-state index contributed by atoms with van der Waals surface area (Å²) in [5.74, 6) is 0.961. The van der Waals surface area contributed by atoms with Crippen LogP contribution >= 0.6 is 0 Å². The molecule has 2 aromatic rings. The molecule has 5 heterocycles. The topological polar surface area (TPSA) is 61.6 Å². The minimum Gasteiger partial charge on any atom is -0.361 e. The van der Waals surface area contributed by atoms with E-state index in [9.17, 15) is 4.79 Å². The average molecular weight is 352 g/mol. The summed E-state index contributed by atoms with van der Waals surface area (Å²) in [5.41, 5.74) is 1.62. The van der Waals surface area contributed by atoms with Crippen molar-refractivity contribution in [3.63, 3.8) is 0 Å². The zero-order chi connectivity index (χ0) is 17.7.